The van der Waals surface area contributed by atoms with Gasteiger partial charge < -0.3 is 20.1 Å². The van der Waals surface area contributed by atoms with Crippen molar-refractivity contribution in [3.63, 3.8) is 0 Å². The number of nitrogens with one attached hydrogen (secondary N) is 1. The highest BCUT2D eigenvalue weighted by Crippen LogP contribution is 2.19. The summed E-state index contributed by atoms with van der Waals surface area (Å²) in [5.41, 5.74) is 0.304. The van der Waals surface area contributed by atoms with Crippen molar-refractivity contribution in [3.05, 3.63) is 29.6 Å². The number of rotatable bonds is 4. The predicted octanol–water partition coefficient (Wildman–Crippen LogP) is 2.88. The summed E-state index contributed by atoms with van der Waals surface area (Å²) in [4.78, 5) is 13.7. The Bertz CT molecular complexity index is 557. The summed E-state index contributed by atoms with van der Waals surface area (Å²) >= 11 is 0. The van der Waals surface area contributed by atoms with Crippen LogP contribution in [0.1, 0.15) is 32.8 Å². The second kappa shape index (κ2) is 7.17. The normalized spacial score (nSPS) is 18.3. The van der Waals surface area contributed by atoms with Gasteiger partial charge in [0.2, 0.25) is 0 Å². The highest BCUT2D eigenvalue weighted by molar-refractivity contribution is 5.68. The molecule has 0 aliphatic carbocycles. The molecule has 2 N–H and O–H groups in total. The lowest BCUT2D eigenvalue weighted by Gasteiger charge is -2.24. The molecular formula is C17H25FN2O3. The van der Waals surface area contributed by atoms with E-state index < -0.39 is 11.4 Å². The van der Waals surface area contributed by atoms with Crippen LogP contribution in [0.3, 0.4) is 0 Å². The van der Waals surface area contributed by atoms with Crippen molar-refractivity contribution < 1.29 is 19.0 Å². The fourth-order valence-electron chi connectivity index (χ4n) is 2.57. The molecule has 23 heavy (non-hydrogen) atoms. The molecular weight excluding hydrogens is 299 g/mol. The molecule has 0 spiro atoms. The molecule has 1 aliphatic rings. The number of halogens is 1. The van der Waals surface area contributed by atoms with Crippen molar-refractivity contribution in [1.29, 1.82) is 0 Å². The zero-order chi connectivity index (χ0) is 17.0. The summed E-state index contributed by atoms with van der Waals surface area (Å²) in [6.45, 7) is 8.23. The Kier molecular flexibility index (Phi) is 5.46. The first-order chi connectivity index (χ1) is 10.7. The molecule has 1 heterocycles. The lowest BCUT2D eigenvalue weighted by molar-refractivity contribution is 0.0288. The van der Waals surface area contributed by atoms with Crippen molar-refractivity contribution in [3.8, 4) is 5.75 Å². The number of amides is 1. The minimum atomic E-state index is -0.610. The third-order valence-electron chi connectivity index (χ3n) is 3.71. The SMILES string of the molecule is CC(C)(C)OC(=O)N1CCC(CNCc2ccc(O)c(F)c2)C1. The predicted molar refractivity (Wildman–Crippen MR) is 85.7 cm³/mol. The fourth-order valence-corrected chi connectivity index (χ4v) is 2.57. The van der Waals surface area contributed by atoms with Crippen LogP contribution in [-0.2, 0) is 11.3 Å². The van der Waals surface area contributed by atoms with Gasteiger partial charge in [-0.25, -0.2) is 9.18 Å². The van der Waals surface area contributed by atoms with Gasteiger partial charge in [0.15, 0.2) is 11.6 Å². The van der Waals surface area contributed by atoms with Crippen molar-refractivity contribution in [2.45, 2.75) is 39.3 Å². The van der Waals surface area contributed by atoms with Crippen LogP contribution in [0.25, 0.3) is 0 Å². The third kappa shape index (κ3) is 5.39. The lowest BCUT2D eigenvalue weighted by atomic mass is 10.1. The molecule has 0 aromatic heterocycles. The number of carbonyl (C=O) groups is 1. The van der Waals surface area contributed by atoms with E-state index in [1.807, 2.05) is 20.8 Å². The molecule has 1 aromatic rings. The van der Waals surface area contributed by atoms with Gasteiger partial charge >= 0.3 is 6.09 Å². The van der Waals surface area contributed by atoms with Crippen LogP contribution in [0.4, 0.5) is 9.18 Å². The molecule has 1 saturated heterocycles. The maximum absolute atomic E-state index is 13.2. The van der Waals surface area contributed by atoms with Gasteiger partial charge in [-0.2, -0.15) is 0 Å². The molecule has 0 bridgehead atoms. The average Bonchev–Trinajstić information content (AvgIpc) is 2.90. The second-order valence-corrected chi connectivity index (χ2v) is 7.00. The molecule has 1 aliphatic heterocycles. The first kappa shape index (κ1) is 17.5. The molecule has 6 heteroatoms. The van der Waals surface area contributed by atoms with Crippen LogP contribution in [-0.4, -0.2) is 41.3 Å². The van der Waals surface area contributed by atoms with Gasteiger partial charge in [0.1, 0.15) is 5.60 Å². The lowest BCUT2D eigenvalue weighted by Crippen LogP contribution is -2.36. The average molecular weight is 324 g/mol. The number of ether oxygens (including phenoxy) is 1. The van der Waals surface area contributed by atoms with Crippen molar-refractivity contribution in [1.82, 2.24) is 10.2 Å². The summed E-state index contributed by atoms with van der Waals surface area (Å²) in [5, 5.41) is 12.4. The summed E-state index contributed by atoms with van der Waals surface area (Å²) in [7, 11) is 0. The summed E-state index contributed by atoms with van der Waals surface area (Å²) in [6.07, 6.45) is 0.663. The standard InChI is InChI=1S/C17H25FN2O3/c1-17(2,3)23-16(22)20-7-6-13(11-20)10-19-9-12-4-5-15(21)14(18)8-12/h4-5,8,13,19,21H,6-7,9-11H2,1-3H3. The smallest absolute Gasteiger partial charge is 0.410 e. The number of hydrogen-bond donors (Lipinski definition) is 2. The van der Waals surface area contributed by atoms with Crippen molar-refractivity contribution in [2.75, 3.05) is 19.6 Å². The van der Waals surface area contributed by atoms with Gasteiger partial charge in [0.25, 0.3) is 0 Å². The van der Waals surface area contributed by atoms with Gasteiger partial charge in [0.05, 0.1) is 0 Å². The number of benzene rings is 1. The first-order valence-electron chi connectivity index (χ1n) is 7.90. The van der Waals surface area contributed by atoms with E-state index in [1.165, 1.54) is 12.1 Å². The molecule has 0 radical (unpaired) electrons. The highest BCUT2D eigenvalue weighted by atomic mass is 19.1. The zero-order valence-electron chi connectivity index (χ0n) is 13.9. The Labute approximate surface area is 136 Å². The molecule has 1 amide bonds. The largest absolute Gasteiger partial charge is 0.505 e. The molecule has 1 aromatic carbocycles. The number of likely N-dealkylation sites (tertiary alicyclic amines) is 1. The Hall–Kier alpha value is -1.82. The van der Waals surface area contributed by atoms with Gasteiger partial charge in [-0.15, -0.1) is 0 Å². The molecule has 1 unspecified atom stereocenters. The van der Waals surface area contributed by atoms with E-state index in [0.717, 1.165) is 18.5 Å². The number of carbonyl (C=O) groups excluding carboxylic acids is 1. The molecule has 128 valence electrons. The quantitative estimate of drug-likeness (QED) is 0.894. The van der Waals surface area contributed by atoms with Crippen LogP contribution in [0.5, 0.6) is 5.75 Å². The topological polar surface area (TPSA) is 61.8 Å². The maximum Gasteiger partial charge on any atom is 0.410 e. The minimum Gasteiger partial charge on any atom is -0.505 e. The number of aromatic hydroxyl groups is 1. The Morgan fingerprint density at radius 1 is 1.48 bits per heavy atom. The van der Waals surface area contributed by atoms with Crippen LogP contribution < -0.4 is 5.32 Å². The third-order valence-corrected chi connectivity index (χ3v) is 3.71. The zero-order valence-corrected chi connectivity index (χ0v) is 13.9. The van der Waals surface area contributed by atoms with E-state index in [-0.39, 0.29) is 11.8 Å². The Balaban J connectivity index is 1.73. The van der Waals surface area contributed by atoms with Crippen molar-refractivity contribution >= 4 is 6.09 Å². The molecule has 5 nitrogen and oxygen atoms in total. The van der Waals surface area contributed by atoms with Crippen LogP contribution >= 0.6 is 0 Å². The van der Waals surface area contributed by atoms with Crippen LogP contribution in [0.15, 0.2) is 18.2 Å². The number of phenolic OH excluding ortho intramolecular Hbond substituents is 1. The maximum atomic E-state index is 13.2. The Morgan fingerprint density at radius 2 is 2.22 bits per heavy atom. The highest BCUT2D eigenvalue weighted by Gasteiger charge is 2.29. The molecule has 1 fully saturated rings. The molecule has 1 atom stereocenters. The van der Waals surface area contributed by atoms with Crippen molar-refractivity contribution in [2.24, 2.45) is 5.92 Å². The van der Waals surface area contributed by atoms with Gasteiger partial charge in [-0.3, -0.25) is 0 Å². The van der Waals surface area contributed by atoms with Crippen LogP contribution in [0, 0.1) is 11.7 Å². The van der Waals surface area contributed by atoms with E-state index in [2.05, 4.69) is 5.32 Å². The van der Waals surface area contributed by atoms with E-state index in [0.29, 0.717) is 25.6 Å². The minimum absolute atomic E-state index is 0.263. The summed E-state index contributed by atoms with van der Waals surface area (Å²) in [5.74, 6) is -0.580. The first-order valence-corrected chi connectivity index (χ1v) is 7.90. The van der Waals surface area contributed by atoms with Gasteiger partial charge in [-0.1, -0.05) is 6.07 Å². The van der Waals surface area contributed by atoms with E-state index in [4.69, 9.17) is 9.84 Å². The monoisotopic (exact) mass is 324 g/mol. The number of hydrogen-bond acceptors (Lipinski definition) is 4. The molecule has 0 saturated carbocycles. The van der Waals surface area contributed by atoms with E-state index in [1.54, 1.807) is 11.0 Å². The van der Waals surface area contributed by atoms with Gasteiger partial charge in [-0.05, 0) is 50.8 Å². The number of nitrogens with zero attached hydrogens (tertiary/aromatic N) is 1. The number of phenols is 1. The fraction of sp³-hybridized carbons (Fsp3) is 0.588. The second-order valence-electron chi connectivity index (χ2n) is 7.00. The summed E-state index contributed by atoms with van der Waals surface area (Å²) < 4.78 is 18.6. The summed E-state index contributed by atoms with van der Waals surface area (Å²) in [6, 6.07) is 4.36. The Morgan fingerprint density at radius 3 is 2.87 bits per heavy atom. The van der Waals surface area contributed by atoms with E-state index in [9.17, 15) is 9.18 Å². The molecule has 2 rings (SSSR count). The van der Waals surface area contributed by atoms with Crippen LogP contribution in [0.2, 0.25) is 0 Å². The van der Waals surface area contributed by atoms with E-state index >= 15 is 0 Å². The van der Waals surface area contributed by atoms with Gasteiger partial charge in [0, 0.05) is 26.2 Å².